The molecule has 2 atom stereocenters. The predicted molar refractivity (Wildman–Crippen MR) is 165 cm³/mol. The Morgan fingerprint density at radius 2 is 1.89 bits per heavy atom. The fourth-order valence-electron chi connectivity index (χ4n) is 3.63. The standard InChI is InChI=1S/C22H21Cl2N7O4S3.C2HF3O2/c23-11-3-4-12(24)13(6-11)36-8-14(32)29-16-20(33)31-17(22(34)35)10(7-37-21(16)31)2-1-5-38-30-9-28-18(26)15(25)19(30)27;3-2(4,5)1(6)7/h1-4,6,9,16,21H,5,7-8,25H2,(H5,26,27,29,32,34,35);(H,6,7)/p+1/b2-1+;/t16-,21?;/m1./s1. The van der Waals surface area contributed by atoms with Crippen molar-refractivity contribution in [2.24, 2.45) is 0 Å². The van der Waals surface area contributed by atoms with E-state index in [0.717, 1.165) is 0 Å². The van der Waals surface area contributed by atoms with Crippen molar-refractivity contribution < 1.29 is 46.5 Å². The minimum Gasteiger partial charge on any atom is -0.477 e. The summed E-state index contributed by atoms with van der Waals surface area (Å²) in [5.41, 5.74) is 17.9. The summed E-state index contributed by atoms with van der Waals surface area (Å²) < 4.78 is 33.3. The maximum Gasteiger partial charge on any atom is 0.490 e. The SMILES string of the molecule is Nc1nc[n+](SC/C=C/C2=C(C(=O)O)N3C(=O)[C@@H](NC(=O)CSc4cc(Cl)ccc4Cl)C3SC2)c(N)c1N.O=C(O)C(F)(F)F. The van der Waals surface area contributed by atoms with Crippen LogP contribution in [0.4, 0.5) is 30.5 Å². The molecule has 2 aliphatic rings. The molecule has 45 heavy (non-hydrogen) atoms. The van der Waals surface area contributed by atoms with Gasteiger partial charge in [0.2, 0.25) is 18.1 Å². The Hall–Kier alpha value is -3.52. The number of carbonyl (C=O) groups is 4. The van der Waals surface area contributed by atoms with E-state index in [0.29, 0.717) is 32.0 Å². The number of rotatable bonds is 9. The summed E-state index contributed by atoms with van der Waals surface area (Å²) >= 11 is 16.0. The highest BCUT2D eigenvalue weighted by Gasteiger charge is 2.53. The monoisotopic (exact) mass is 728 g/mol. The molecule has 0 saturated carbocycles. The van der Waals surface area contributed by atoms with Crippen molar-refractivity contribution in [2.75, 3.05) is 34.5 Å². The molecule has 3 heterocycles. The number of aromatic nitrogens is 2. The second kappa shape index (κ2) is 15.2. The summed E-state index contributed by atoms with van der Waals surface area (Å²) in [4.78, 5) is 52.1. The number of β-lactam (4-membered cyclic amide) rings is 1. The van der Waals surface area contributed by atoms with E-state index in [1.807, 2.05) is 0 Å². The van der Waals surface area contributed by atoms with Gasteiger partial charge in [0.25, 0.3) is 11.7 Å². The highest BCUT2D eigenvalue weighted by Crippen LogP contribution is 2.41. The van der Waals surface area contributed by atoms with Gasteiger partial charge in [0.1, 0.15) is 17.1 Å². The maximum atomic E-state index is 12.9. The number of carboxylic acid groups (broad SMARTS) is 2. The van der Waals surface area contributed by atoms with E-state index in [-0.39, 0.29) is 34.7 Å². The topological polar surface area (TPSA) is 219 Å². The molecule has 0 aliphatic carbocycles. The number of benzene rings is 1. The third-order valence-corrected chi connectivity index (χ3v) is 9.68. The normalized spacial score (nSPS) is 17.7. The van der Waals surface area contributed by atoms with Crippen LogP contribution in [0.5, 0.6) is 0 Å². The zero-order valence-electron chi connectivity index (χ0n) is 22.5. The van der Waals surface area contributed by atoms with Crippen molar-refractivity contribution in [1.82, 2.24) is 15.2 Å². The van der Waals surface area contributed by atoms with Gasteiger partial charge in [-0.2, -0.15) is 17.1 Å². The number of carbonyl (C=O) groups excluding carboxylic acids is 2. The van der Waals surface area contributed by atoms with Gasteiger partial charge in [-0.25, -0.2) is 9.59 Å². The molecule has 242 valence electrons. The molecule has 2 aliphatic heterocycles. The molecule has 0 radical (unpaired) electrons. The number of nitrogens with one attached hydrogen (secondary N) is 1. The fraction of sp³-hybridized carbons (Fsp3) is 0.250. The number of halogens is 5. The summed E-state index contributed by atoms with van der Waals surface area (Å²) in [5, 5.41) is 20.1. The number of nitrogens with two attached hydrogens (primary N) is 3. The minimum absolute atomic E-state index is 0.0201. The summed E-state index contributed by atoms with van der Waals surface area (Å²) in [6, 6.07) is 4.12. The molecule has 9 N–H and O–H groups in total. The number of carboxylic acids is 2. The Balaban J connectivity index is 0.000000707. The molecule has 0 spiro atoms. The number of hydrogen-bond acceptors (Lipinski definition) is 11. The number of nitrogen functional groups attached to an aromatic ring is 3. The zero-order chi connectivity index (χ0) is 33.6. The summed E-state index contributed by atoms with van der Waals surface area (Å²) in [5.74, 6) is -3.65. The number of hydrogen-bond donors (Lipinski definition) is 6. The molecule has 1 saturated heterocycles. The first-order valence-corrected chi connectivity index (χ1v) is 15.9. The molecule has 1 aromatic heterocycles. The number of aliphatic carboxylic acids is 2. The molecule has 4 rings (SSSR count). The van der Waals surface area contributed by atoms with Gasteiger partial charge >= 0.3 is 18.1 Å². The number of fused-ring (bicyclic) bond motifs is 1. The van der Waals surface area contributed by atoms with Gasteiger partial charge in [0.15, 0.2) is 5.69 Å². The van der Waals surface area contributed by atoms with Crippen LogP contribution in [0.3, 0.4) is 0 Å². The van der Waals surface area contributed by atoms with Crippen LogP contribution in [-0.2, 0) is 19.2 Å². The van der Waals surface area contributed by atoms with E-state index in [1.165, 1.54) is 46.7 Å². The Labute approximate surface area is 275 Å². The lowest BCUT2D eigenvalue weighted by Gasteiger charge is -2.49. The van der Waals surface area contributed by atoms with E-state index in [1.54, 1.807) is 34.3 Å². The second-order valence-corrected chi connectivity index (χ2v) is 12.7. The molecule has 1 unspecified atom stereocenters. The van der Waals surface area contributed by atoms with Gasteiger partial charge in [0, 0.05) is 33.4 Å². The van der Waals surface area contributed by atoms with E-state index in [2.05, 4.69) is 10.3 Å². The van der Waals surface area contributed by atoms with Crippen LogP contribution in [0, 0.1) is 0 Å². The van der Waals surface area contributed by atoms with E-state index in [4.69, 9.17) is 50.3 Å². The molecular formula is C24H23Cl2F3N7O6S3+. The second-order valence-electron chi connectivity index (χ2n) is 8.75. The van der Waals surface area contributed by atoms with E-state index in [9.17, 15) is 32.7 Å². The van der Waals surface area contributed by atoms with Gasteiger partial charge in [-0.1, -0.05) is 40.3 Å². The van der Waals surface area contributed by atoms with Crippen molar-refractivity contribution in [3.8, 4) is 0 Å². The molecule has 21 heteroatoms. The van der Waals surface area contributed by atoms with Crippen molar-refractivity contribution in [1.29, 1.82) is 0 Å². The smallest absolute Gasteiger partial charge is 0.477 e. The van der Waals surface area contributed by atoms with Gasteiger partial charge in [-0.05, 0) is 23.8 Å². The first-order valence-electron chi connectivity index (χ1n) is 12.1. The quantitative estimate of drug-likeness (QED) is 0.124. The lowest BCUT2D eigenvalue weighted by molar-refractivity contribution is -0.480. The zero-order valence-corrected chi connectivity index (χ0v) is 26.4. The molecule has 1 fully saturated rings. The fourth-order valence-corrected chi connectivity index (χ4v) is 6.95. The predicted octanol–water partition coefficient (Wildman–Crippen LogP) is 2.64. The van der Waals surface area contributed by atoms with Crippen LogP contribution in [0.1, 0.15) is 0 Å². The van der Waals surface area contributed by atoms with Crippen LogP contribution in [0.15, 0.2) is 52.8 Å². The van der Waals surface area contributed by atoms with Crippen molar-refractivity contribution in [2.45, 2.75) is 22.5 Å². The largest absolute Gasteiger partial charge is 0.490 e. The van der Waals surface area contributed by atoms with Crippen LogP contribution in [0.2, 0.25) is 10.0 Å². The number of anilines is 3. The number of nitrogens with zero attached hydrogens (tertiary/aromatic N) is 3. The molecule has 0 bridgehead atoms. The molecule has 1 aromatic carbocycles. The Bertz CT molecular complexity index is 1580. The van der Waals surface area contributed by atoms with Crippen LogP contribution in [0.25, 0.3) is 0 Å². The van der Waals surface area contributed by atoms with Crippen molar-refractivity contribution in [3.63, 3.8) is 0 Å². The average Bonchev–Trinajstić information content (AvgIpc) is 2.97. The minimum atomic E-state index is -5.08. The molecule has 2 amide bonds. The van der Waals surface area contributed by atoms with Gasteiger partial charge in [-0.15, -0.1) is 23.5 Å². The third-order valence-electron chi connectivity index (χ3n) is 5.73. The average molecular weight is 730 g/mol. The van der Waals surface area contributed by atoms with E-state index < -0.39 is 35.4 Å². The van der Waals surface area contributed by atoms with Crippen LogP contribution in [-0.4, -0.2) is 78.7 Å². The Kier molecular flexibility index (Phi) is 12.1. The van der Waals surface area contributed by atoms with Crippen LogP contribution >= 0.6 is 58.7 Å². The Morgan fingerprint density at radius 3 is 2.51 bits per heavy atom. The first kappa shape index (κ1) is 36.0. The highest BCUT2D eigenvalue weighted by atomic mass is 35.5. The van der Waals surface area contributed by atoms with Gasteiger partial charge in [-0.3, -0.25) is 14.5 Å². The summed E-state index contributed by atoms with van der Waals surface area (Å²) in [6.07, 6.45) is -0.225. The first-order chi connectivity index (χ1) is 21.0. The number of alkyl halides is 3. The van der Waals surface area contributed by atoms with Crippen LogP contribution < -0.4 is 26.5 Å². The van der Waals surface area contributed by atoms with Gasteiger partial charge < -0.3 is 32.7 Å². The van der Waals surface area contributed by atoms with E-state index >= 15 is 0 Å². The van der Waals surface area contributed by atoms with Crippen molar-refractivity contribution in [3.05, 3.63) is 58.0 Å². The lowest BCUT2D eigenvalue weighted by atomic mass is 10.0. The number of allylic oxidation sites excluding steroid dienone is 1. The molecular weight excluding hydrogens is 706 g/mol. The van der Waals surface area contributed by atoms with Gasteiger partial charge in [0.05, 0.1) is 10.8 Å². The number of thioether (sulfide) groups is 2. The van der Waals surface area contributed by atoms with Crippen molar-refractivity contribution >= 4 is 99.7 Å². The molecule has 2 aromatic rings. The third kappa shape index (κ3) is 9.03. The maximum absolute atomic E-state index is 12.9. The highest BCUT2D eigenvalue weighted by molar-refractivity contribution is 8.00. The molecule has 13 nitrogen and oxygen atoms in total. The number of amides is 2. The lowest BCUT2D eigenvalue weighted by Crippen LogP contribution is -2.70. The summed E-state index contributed by atoms with van der Waals surface area (Å²) in [6.45, 7) is 0. The summed E-state index contributed by atoms with van der Waals surface area (Å²) in [7, 11) is 0. The Morgan fingerprint density at radius 1 is 1.22 bits per heavy atom.